The van der Waals surface area contributed by atoms with E-state index in [1.54, 1.807) is 0 Å². The monoisotopic (exact) mass is 462 g/mol. The molecule has 0 amide bonds. The molecule has 8 nitrogen and oxygen atoms in total. The summed E-state index contributed by atoms with van der Waals surface area (Å²) in [4.78, 5) is 26.9. The number of nitrogens with zero attached hydrogens (tertiary/aromatic N) is 4. The number of aromatic carboxylic acids is 1. The SMILES string of the molecule is Cc1nc(N2CC3CC3C2)ccc1Cn1cc(C(=O)O)c(C(F)F)n1.O=C(O)C(F)(F)F. The molecule has 1 aliphatic heterocycles. The van der Waals surface area contributed by atoms with Crippen molar-refractivity contribution in [1.82, 2.24) is 14.8 Å². The number of aliphatic carboxylic acids is 1. The Morgan fingerprint density at radius 2 is 1.78 bits per heavy atom. The second-order valence-electron chi connectivity index (χ2n) is 7.61. The van der Waals surface area contributed by atoms with Crippen LogP contribution < -0.4 is 4.90 Å². The van der Waals surface area contributed by atoms with E-state index < -0.39 is 35.8 Å². The number of hydrogen-bond acceptors (Lipinski definition) is 5. The van der Waals surface area contributed by atoms with E-state index in [1.165, 1.54) is 11.1 Å². The molecule has 0 bridgehead atoms. The topological polar surface area (TPSA) is 109 Å². The maximum Gasteiger partial charge on any atom is 0.490 e. The first-order chi connectivity index (χ1) is 14.9. The third-order valence-electron chi connectivity index (χ3n) is 5.29. The molecule has 1 saturated heterocycles. The standard InChI is InChI=1S/C17H18F2N4O2.C2HF3O2/c1-9-10(2-3-14(20-9)22-5-11-4-12(11)6-22)7-23-8-13(17(24)25)15(21-23)16(18)19;3-2(4,5)1(6)7/h2-3,8,11-12,16H,4-7H2,1H3,(H,24,25);(H,6,7). The van der Waals surface area contributed by atoms with Gasteiger partial charge >= 0.3 is 18.1 Å². The molecular weight excluding hydrogens is 443 g/mol. The van der Waals surface area contributed by atoms with Crippen LogP contribution >= 0.6 is 0 Å². The highest BCUT2D eigenvalue weighted by atomic mass is 19.4. The van der Waals surface area contributed by atoms with Crippen molar-refractivity contribution in [2.75, 3.05) is 18.0 Å². The Morgan fingerprint density at radius 1 is 1.19 bits per heavy atom. The van der Waals surface area contributed by atoms with E-state index in [1.807, 2.05) is 19.1 Å². The first-order valence-corrected chi connectivity index (χ1v) is 9.47. The number of carbonyl (C=O) groups is 2. The molecule has 13 heteroatoms. The molecule has 2 N–H and O–H groups in total. The summed E-state index contributed by atoms with van der Waals surface area (Å²) in [5, 5.41) is 19.9. The molecule has 1 aliphatic carbocycles. The number of carboxylic acid groups (broad SMARTS) is 2. The lowest BCUT2D eigenvalue weighted by atomic mass is 10.2. The maximum absolute atomic E-state index is 12.9. The molecule has 2 aromatic rings. The van der Waals surface area contributed by atoms with Gasteiger partial charge in [-0.15, -0.1) is 0 Å². The fourth-order valence-electron chi connectivity index (χ4n) is 3.52. The van der Waals surface area contributed by atoms with E-state index in [-0.39, 0.29) is 6.54 Å². The molecule has 2 unspecified atom stereocenters. The van der Waals surface area contributed by atoms with Crippen LogP contribution in [0.1, 0.15) is 40.2 Å². The van der Waals surface area contributed by atoms with Gasteiger partial charge in [0.1, 0.15) is 17.1 Å². The number of aryl methyl sites for hydroxylation is 1. The van der Waals surface area contributed by atoms with E-state index in [9.17, 15) is 26.7 Å². The quantitative estimate of drug-likeness (QED) is 0.656. The van der Waals surface area contributed by atoms with Gasteiger partial charge in [-0.3, -0.25) is 4.68 Å². The van der Waals surface area contributed by atoms with Crippen LogP contribution in [0.4, 0.5) is 27.8 Å². The van der Waals surface area contributed by atoms with Crippen molar-refractivity contribution < 1.29 is 41.8 Å². The number of pyridine rings is 1. The Labute approximate surface area is 178 Å². The molecule has 4 rings (SSSR count). The first-order valence-electron chi connectivity index (χ1n) is 9.47. The number of halogens is 5. The molecule has 174 valence electrons. The van der Waals surface area contributed by atoms with Crippen molar-refractivity contribution in [3.8, 4) is 0 Å². The van der Waals surface area contributed by atoms with E-state index in [0.717, 1.165) is 48.2 Å². The molecule has 2 aromatic heterocycles. The van der Waals surface area contributed by atoms with Crippen LogP contribution in [0.15, 0.2) is 18.3 Å². The first kappa shape index (κ1) is 23.4. The van der Waals surface area contributed by atoms with E-state index in [4.69, 9.17) is 15.0 Å². The highest BCUT2D eigenvalue weighted by Crippen LogP contribution is 2.45. The van der Waals surface area contributed by atoms with E-state index >= 15 is 0 Å². The van der Waals surface area contributed by atoms with Gasteiger partial charge in [0.25, 0.3) is 6.43 Å². The minimum Gasteiger partial charge on any atom is -0.478 e. The highest BCUT2D eigenvalue weighted by molar-refractivity contribution is 5.88. The Balaban J connectivity index is 0.000000360. The number of piperidine rings is 1. The fourth-order valence-corrected chi connectivity index (χ4v) is 3.52. The summed E-state index contributed by atoms with van der Waals surface area (Å²) in [6.07, 6.45) is -5.54. The molecule has 0 radical (unpaired) electrons. The number of rotatable bonds is 5. The number of aromatic nitrogens is 3. The zero-order chi connectivity index (χ0) is 23.8. The van der Waals surface area contributed by atoms with Crippen molar-refractivity contribution in [2.24, 2.45) is 11.8 Å². The fraction of sp³-hybridized carbons (Fsp3) is 0.474. The number of carboxylic acids is 2. The smallest absolute Gasteiger partial charge is 0.478 e. The molecular formula is C19H19F5N4O4. The average molecular weight is 462 g/mol. The minimum absolute atomic E-state index is 0.206. The van der Waals surface area contributed by atoms with Crippen LogP contribution in [0.3, 0.4) is 0 Å². The average Bonchev–Trinajstić information content (AvgIpc) is 3.10. The van der Waals surface area contributed by atoms with Crippen LogP contribution in [0.25, 0.3) is 0 Å². The number of hydrogen-bond donors (Lipinski definition) is 2. The van der Waals surface area contributed by atoms with Crippen LogP contribution in [0.2, 0.25) is 0 Å². The summed E-state index contributed by atoms with van der Waals surface area (Å²) < 4.78 is 58.8. The van der Waals surface area contributed by atoms with E-state index in [2.05, 4.69) is 15.0 Å². The van der Waals surface area contributed by atoms with Gasteiger partial charge < -0.3 is 15.1 Å². The summed E-state index contributed by atoms with van der Waals surface area (Å²) in [6.45, 7) is 4.17. The Hall–Kier alpha value is -3.25. The number of alkyl halides is 5. The van der Waals surface area contributed by atoms with Crippen molar-refractivity contribution in [3.05, 3.63) is 40.8 Å². The zero-order valence-corrected chi connectivity index (χ0v) is 16.7. The lowest BCUT2D eigenvalue weighted by molar-refractivity contribution is -0.192. The predicted octanol–water partition coefficient (Wildman–Crippen LogP) is 3.36. The lowest BCUT2D eigenvalue weighted by Gasteiger charge is -2.20. The van der Waals surface area contributed by atoms with Gasteiger partial charge in [0.05, 0.1) is 6.54 Å². The van der Waals surface area contributed by atoms with Gasteiger partial charge in [0.15, 0.2) is 0 Å². The zero-order valence-electron chi connectivity index (χ0n) is 16.7. The predicted molar refractivity (Wildman–Crippen MR) is 99.7 cm³/mol. The maximum atomic E-state index is 12.9. The Bertz CT molecular complexity index is 1010. The molecule has 0 aromatic carbocycles. The van der Waals surface area contributed by atoms with E-state index in [0.29, 0.717) is 0 Å². The summed E-state index contributed by atoms with van der Waals surface area (Å²) in [7, 11) is 0. The summed E-state index contributed by atoms with van der Waals surface area (Å²) in [6, 6.07) is 3.84. The third-order valence-corrected chi connectivity index (χ3v) is 5.29. The van der Waals surface area contributed by atoms with Crippen LogP contribution in [0.5, 0.6) is 0 Å². The van der Waals surface area contributed by atoms with Gasteiger partial charge in [-0.25, -0.2) is 23.4 Å². The number of anilines is 1. The Morgan fingerprint density at radius 3 is 2.22 bits per heavy atom. The lowest BCUT2D eigenvalue weighted by Crippen LogP contribution is -2.23. The Kier molecular flexibility index (Phi) is 6.37. The number of fused-ring (bicyclic) bond motifs is 1. The van der Waals surface area contributed by atoms with Gasteiger partial charge in [-0.2, -0.15) is 18.3 Å². The van der Waals surface area contributed by atoms with Crippen molar-refractivity contribution >= 4 is 17.8 Å². The molecule has 1 saturated carbocycles. The van der Waals surface area contributed by atoms with Crippen molar-refractivity contribution in [1.29, 1.82) is 0 Å². The second-order valence-corrected chi connectivity index (χ2v) is 7.61. The van der Waals surface area contributed by atoms with Crippen LogP contribution in [-0.4, -0.2) is 56.2 Å². The molecule has 32 heavy (non-hydrogen) atoms. The molecule has 2 atom stereocenters. The van der Waals surface area contributed by atoms with Gasteiger partial charge in [0, 0.05) is 25.0 Å². The van der Waals surface area contributed by atoms with Gasteiger partial charge in [-0.1, -0.05) is 6.07 Å². The molecule has 2 fully saturated rings. The van der Waals surface area contributed by atoms with Crippen molar-refractivity contribution in [2.45, 2.75) is 32.5 Å². The molecule has 2 aliphatic rings. The normalized spacial score (nSPS) is 19.4. The second kappa shape index (κ2) is 8.71. The van der Waals surface area contributed by atoms with Gasteiger partial charge in [-0.05, 0) is 36.8 Å². The molecule has 0 spiro atoms. The van der Waals surface area contributed by atoms with Gasteiger partial charge in [0.2, 0.25) is 0 Å². The van der Waals surface area contributed by atoms with Crippen LogP contribution in [-0.2, 0) is 11.3 Å². The summed E-state index contributed by atoms with van der Waals surface area (Å²) in [5.41, 5.74) is 0.456. The highest BCUT2D eigenvalue weighted by Gasteiger charge is 2.45. The summed E-state index contributed by atoms with van der Waals surface area (Å²) >= 11 is 0. The summed E-state index contributed by atoms with van der Waals surface area (Å²) in [5.74, 6) is -1.60. The largest absolute Gasteiger partial charge is 0.490 e. The molecule has 3 heterocycles. The van der Waals surface area contributed by atoms with Crippen LogP contribution in [0, 0.1) is 18.8 Å². The third kappa shape index (κ3) is 5.32. The van der Waals surface area contributed by atoms with Crippen molar-refractivity contribution in [3.63, 3.8) is 0 Å². The minimum atomic E-state index is -5.08.